The molecule has 1 spiro atoms. The molecule has 2 saturated heterocycles. The van der Waals surface area contributed by atoms with E-state index in [-0.39, 0.29) is 23.4 Å². The van der Waals surface area contributed by atoms with E-state index in [9.17, 15) is 22.8 Å². The summed E-state index contributed by atoms with van der Waals surface area (Å²) < 4.78 is 39.2. The number of carbonyl (C=O) groups is 3. The number of amides is 1. The molecule has 0 radical (unpaired) electrons. The fourth-order valence-corrected chi connectivity index (χ4v) is 4.09. The van der Waals surface area contributed by atoms with Crippen molar-refractivity contribution >= 4 is 28.7 Å². The standard InChI is InChI=1S/C19H23N3O3.C2HF3O2/c1-22-12-15(14-4-2-3-5-16(14)22)17(23)21-11-13-10-19(18(24)25-13)6-8-20-9-7-19;3-2(4,5)1(6)7/h2-5,12-13,20H,6-11H2,1H3,(H,21,23);(H,6,7). The summed E-state index contributed by atoms with van der Waals surface area (Å²) >= 11 is 0. The van der Waals surface area contributed by atoms with Crippen molar-refractivity contribution < 1.29 is 37.4 Å². The molecule has 0 aliphatic carbocycles. The average Bonchev–Trinajstić information content (AvgIpc) is 3.24. The molecule has 174 valence electrons. The number of aryl methyl sites for hydroxylation is 1. The average molecular weight is 455 g/mol. The van der Waals surface area contributed by atoms with Gasteiger partial charge in [-0.1, -0.05) is 18.2 Å². The lowest BCUT2D eigenvalue weighted by Crippen LogP contribution is -2.39. The van der Waals surface area contributed by atoms with Gasteiger partial charge in [-0.2, -0.15) is 13.2 Å². The number of carboxylic acid groups (broad SMARTS) is 1. The van der Waals surface area contributed by atoms with Crippen LogP contribution in [0.25, 0.3) is 10.9 Å². The van der Waals surface area contributed by atoms with Gasteiger partial charge in [0.25, 0.3) is 5.91 Å². The zero-order valence-electron chi connectivity index (χ0n) is 17.4. The number of hydrogen-bond acceptors (Lipinski definition) is 5. The Morgan fingerprint density at radius 1 is 1.28 bits per heavy atom. The number of esters is 1. The quantitative estimate of drug-likeness (QED) is 0.613. The van der Waals surface area contributed by atoms with Crippen LogP contribution in [0.4, 0.5) is 13.2 Å². The number of rotatable bonds is 3. The SMILES string of the molecule is Cn1cc(C(=O)NCC2CC3(CCNCC3)C(=O)O2)c2ccccc21.O=C(O)C(F)(F)F. The Balaban J connectivity index is 0.000000360. The van der Waals surface area contributed by atoms with E-state index in [1.165, 1.54) is 0 Å². The highest BCUT2D eigenvalue weighted by Crippen LogP contribution is 2.41. The van der Waals surface area contributed by atoms with Crippen LogP contribution < -0.4 is 10.6 Å². The second-order valence-electron chi connectivity index (χ2n) is 7.95. The number of hydrogen-bond donors (Lipinski definition) is 3. The molecule has 2 aliphatic rings. The summed E-state index contributed by atoms with van der Waals surface area (Å²) in [6.45, 7) is 2.07. The van der Waals surface area contributed by atoms with Gasteiger partial charge in [0.1, 0.15) is 6.10 Å². The van der Waals surface area contributed by atoms with E-state index in [0.29, 0.717) is 18.5 Å². The molecule has 32 heavy (non-hydrogen) atoms. The first-order valence-corrected chi connectivity index (χ1v) is 10.1. The summed E-state index contributed by atoms with van der Waals surface area (Å²) in [5, 5.41) is 14.3. The first-order valence-electron chi connectivity index (χ1n) is 10.1. The van der Waals surface area contributed by atoms with Gasteiger partial charge in [0.2, 0.25) is 0 Å². The van der Waals surface area contributed by atoms with E-state index in [0.717, 1.165) is 36.8 Å². The van der Waals surface area contributed by atoms with Crippen molar-refractivity contribution in [2.75, 3.05) is 19.6 Å². The zero-order chi connectivity index (χ0) is 23.5. The summed E-state index contributed by atoms with van der Waals surface area (Å²) in [5.74, 6) is -2.98. The van der Waals surface area contributed by atoms with E-state index >= 15 is 0 Å². The van der Waals surface area contributed by atoms with Gasteiger partial charge in [-0.3, -0.25) is 9.59 Å². The minimum absolute atomic E-state index is 0.0987. The monoisotopic (exact) mass is 455 g/mol. The Labute approximate surface area is 181 Å². The molecular weight excluding hydrogens is 431 g/mol. The molecule has 0 saturated carbocycles. The van der Waals surface area contributed by atoms with E-state index in [1.54, 1.807) is 0 Å². The van der Waals surface area contributed by atoms with Crippen LogP contribution in [0.1, 0.15) is 29.6 Å². The lowest BCUT2D eigenvalue weighted by atomic mass is 9.76. The van der Waals surface area contributed by atoms with E-state index in [2.05, 4.69) is 10.6 Å². The highest BCUT2D eigenvalue weighted by atomic mass is 19.4. The molecule has 1 aromatic heterocycles. The fraction of sp³-hybridized carbons (Fsp3) is 0.476. The smallest absolute Gasteiger partial charge is 0.475 e. The normalized spacial score (nSPS) is 19.9. The van der Waals surface area contributed by atoms with Crippen molar-refractivity contribution in [3.8, 4) is 0 Å². The molecule has 2 aliphatic heterocycles. The molecule has 8 nitrogen and oxygen atoms in total. The first-order chi connectivity index (χ1) is 15.0. The Bertz CT molecular complexity index is 1010. The number of aromatic nitrogens is 1. The number of ether oxygens (including phenoxy) is 1. The largest absolute Gasteiger partial charge is 0.490 e. The molecule has 1 aromatic carbocycles. The van der Waals surface area contributed by atoms with Gasteiger partial charge in [0, 0.05) is 30.6 Å². The third-order valence-corrected chi connectivity index (χ3v) is 5.76. The first kappa shape index (κ1) is 23.6. The number of alkyl halides is 3. The number of carbonyl (C=O) groups excluding carboxylic acids is 2. The van der Waals surface area contributed by atoms with Crippen LogP contribution in [0, 0.1) is 5.41 Å². The van der Waals surface area contributed by atoms with Crippen LogP contribution in [0.15, 0.2) is 30.5 Å². The highest BCUT2D eigenvalue weighted by Gasteiger charge is 2.49. The molecule has 1 unspecified atom stereocenters. The second-order valence-corrected chi connectivity index (χ2v) is 7.95. The third-order valence-electron chi connectivity index (χ3n) is 5.76. The number of nitrogens with zero attached hydrogens (tertiary/aromatic N) is 1. The van der Waals surface area contributed by atoms with Gasteiger partial charge in [0.05, 0.1) is 17.5 Å². The molecule has 11 heteroatoms. The number of aliphatic carboxylic acids is 1. The number of halogens is 3. The van der Waals surface area contributed by atoms with Crippen LogP contribution in [0.2, 0.25) is 0 Å². The van der Waals surface area contributed by atoms with Crippen molar-refractivity contribution in [2.45, 2.75) is 31.5 Å². The minimum atomic E-state index is -5.08. The van der Waals surface area contributed by atoms with Crippen molar-refractivity contribution in [3.63, 3.8) is 0 Å². The number of benzene rings is 1. The molecule has 0 bridgehead atoms. The Morgan fingerprint density at radius 3 is 2.53 bits per heavy atom. The van der Waals surface area contributed by atoms with Gasteiger partial charge < -0.3 is 25.0 Å². The number of para-hydroxylation sites is 1. The maximum atomic E-state index is 12.6. The Hall–Kier alpha value is -3.08. The second kappa shape index (κ2) is 9.19. The fourth-order valence-electron chi connectivity index (χ4n) is 4.09. The summed E-state index contributed by atoms with van der Waals surface area (Å²) in [5.41, 5.74) is 1.33. The molecule has 3 N–H and O–H groups in total. The van der Waals surface area contributed by atoms with Gasteiger partial charge in [-0.15, -0.1) is 0 Å². The molecule has 4 rings (SSSR count). The Morgan fingerprint density at radius 2 is 1.91 bits per heavy atom. The number of nitrogens with one attached hydrogen (secondary N) is 2. The van der Waals surface area contributed by atoms with Crippen LogP contribution in [0.3, 0.4) is 0 Å². The highest BCUT2D eigenvalue weighted by molar-refractivity contribution is 6.07. The summed E-state index contributed by atoms with van der Waals surface area (Å²) in [6.07, 6.45) is -1.14. The molecule has 1 amide bonds. The summed E-state index contributed by atoms with van der Waals surface area (Å²) in [7, 11) is 1.93. The van der Waals surface area contributed by atoms with Crippen LogP contribution in [-0.2, 0) is 21.4 Å². The van der Waals surface area contributed by atoms with E-state index in [4.69, 9.17) is 14.6 Å². The van der Waals surface area contributed by atoms with Gasteiger partial charge in [0.15, 0.2) is 0 Å². The predicted molar refractivity (Wildman–Crippen MR) is 108 cm³/mol. The van der Waals surface area contributed by atoms with Crippen molar-refractivity contribution in [2.24, 2.45) is 12.5 Å². The molecule has 1 atom stereocenters. The topological polar surface area (TPSA) is 110 Å². The molecule has 2 aromatic rings. The number of fused-ring (bicyclic) bond motifs is 1. The van der Waals surface area contributed by atoms with Gasteiger partial charge >= 0.3 is 18.1 Å². The van der Waals surface area contributed by atoms with Crippen molar-refractivity contribution in [1.29, 1.82) is 0 Å². The predicted octanol–water partition coefficient (Wildman–Crippen LogP) is 2.23. The molecule has 3 heterocycles. The molecule has 2 fully saturated rings. The van der Waals surface area contributed by atoms with Crippen molar-refractivity contribution in [1.82, 2.24) is 15.2 Å². The third kappa shape index (κ3) is 5.04. The maximum absolute atomic E-state index is 12.6. The van der Waals surface area contributed by atoms with E-state index in [1.807, 2.05) is 42.1 Å². The Kier molecular flexibility index (Phi) is 6.77. The minimum Gasteiger partial charge on any atom is -0.475 e. The number of cyclic esters (lactones) is 1. The lowest BCUT2D eigenvalue weighted by Gasteiger charge is -2.29. The van der Waals surface area contributed by atoms with Crippen molar-refractivity contribution in [3.05, 3.63) is 36.0 Å². The van der Waals surface area contributed by atoms with Gasteiger partial charge in [-0.25, -0.2) is 4.79 Å². The van der Waals surface area contributed by atoms with Gasteiger partial charge in [-0.05, 0) is 32.0 Å². The lowest BCUT2D eigenvalue weighted by molar-refractivity contribution is -0.192. The van der Waals surface area contributed by atoms with Crippen LogP contribution in [-0.4, -0.2) is 59.4 Å². The van der Waals surface area contributed by atoms with Crippen LogP contribution >= 0.6 is 0 Å². The summed E-state index contributed by atoms with van der Waals surface area (Å²) in [6, 6.07) is 7.83. The maximum Gasteiger partial charge on any atom is 0.490 e. The zero-order valence-corrected chi connectivity index (χ0v) is 17.4. The molecular formula is C21H24F3N3O5. The number of piperidine rings is 1. The van der Waals surface area contributed by atoms with E-state index < -0.39 is 12.1 Å². The summed E-state index contributed by atoms with van der Waals surface area (Å²) in [4.78, 5) is 33.8. The number of carboxylic acids is 1. The van der Waals surface area contributed by atoms with Crippen LogP contribution in [0.5, 0.6) is 0 Å².